The van der Waals surface area contributed by atoms with Gasteiger partial charge in [0.15, 0.2) is 5.82 Å². The summed E-state index contributed by atoms with van der Waals surface area (Å²) < 4.78 is 3.63. The SMILES string of the molecule is Cc1ccnn1[C@H](C)C(=O)N[C@H]1CCCc2c1cnn2-c1ccccn1. The normalized spacial score (nSPS) is 17.5. The largest absolute Gasteiger partial charge is 0.347 e. The minimum absolute atomic E-state index is 0.0259. The number of pyridine rings is 1. The first-order chi connectivity index (χ1) is 12.6. The number of nitrogens with zero attached hydrogens (tertiary/aromatic N) is 5. The Bertz CT molecular complexity index is 913. The van der Waals surface area contributed by atoms with Crippen molar-refractivity contribution < 1.29 is 4.79 Å². The van der Waals surface area contributed by atoms with Gasteiger partial charge in [0.1, 0.15) is 6.04 Å². The van der Waals surface area contributed by atoms with Crippen LogP contribution in [0.2, 0.25) is 0 Å². The van der Waals surface area contributed by atoms with E-state index in [2.05, 4.69) is 20.5 Å². The Morgan fingerprint density at radius 1 is 1.27 bits per heavy atom. The average molecular weight is 350 g/mol. The molecule has 1 aliphatic carbocycles. The molecule has 0 fully saturated rings. The molecule has 0 aliphatic heterocycles. The van der Waals surface area contributed by atoms with Crippen molar-refractivity contribution in [3.8, 4) is 5.82 Å². The molecule has 0 bridgehead atoms. The Hall–Kier alpha value is -2.96. The number of carbonyl (C=O) groups excluding carboxylic acids is 1. The lowest BCUT2D eigenvalue weighted by atomic mass is 9.92. The Morgan fingerprint density at radius 2 is 2.15 bits per heavy atom. The molecule has 3 aromatic rings. The van der Waals surface area contributed by atoms with Gasteiger partial charge in [-0.3, -0.25) is 9.48 Å². The number of hydrogen-bond donors (Lipinski definition) is 1. The van der Waals surface area contributed by atoms with E-state index in [1.165, 1.54) is 0 Å². The first-order valence-corrected chi connectivity index (χ1v) is 8.94. The maximum absolute atomic E-state index is 12.7. The molecule has 3 aromatic heterocycles. The zero-order valence-corrected chi connectivity index (χ0v) is 15.0. The summed E-state index contributed by atoms with van der Waals surface area (Å²) in [6.07, 6.45) is 8.20. The maximum Gasteiger partial charge on any atom is 0.245 e. The minimum atomic E-state index is -0.346. The van der Waals surface area contributed by atoms with Crippen LogP contribution in [0, 0.1) is 6.92 Å². The van der Waals surface area contributed by atoms with Gasteiger partial charge in [0.25, 0.3) is 0 Å². The second-order valence-electron chi connectivity index (χ2n) is 6.69. The molecule has 1 N–H and O–H groups in total. The number of rotatable bonds is 4. The summed E-state index contributed by atoms with van der Waals surface area (Å²) in [5.41, 5.74) is 3.18. The predicted octanol–water partition coefficient (Wildman–Crippen LogP) is 2.53. The second kappa shape index (κ2) is 6.74. The summed E-state index contributed by atoms with van der Waals surface area (Å²) in [6.45, 7) is 3.82. The van der Waals surface area contributed by atoms with Crippen LogP contribution in [0.3, 0.4) is 0 Å². The molecule has 0 radical (unpaired) electrons. The van der Waals surface area contributed by atoms with E-state index in [-0.39, 0.29) is 18.0 Å². The lowest BCUT2D eigenvalue weighted by molar-refractivity contribution is -0.125. The third-order valence-corrected chi connectivity index (χ3v) is 4.98. The molecule has 1 amide bonds. The molecule has 26 heavy (non-hydrogen) atoms. The Kier molecular flexibility index (Phi) is 4.28. The van der Waals surface area contributed by atoms with E-state index in [9.17, 15) is 4.79 Å². The van der Waals surface area contributed by atoms with Gasteiger partial charge in [-0.2, -0.15) is 10.2 Å². The third kappa shape index (κ3) is 2.89. The van der Waals surface area contributed by atoms with E-state index in [0.717, 1.165) is 42.0 Å². The first-order valence-electron chi connectivity index (χ1n) is 8.94. The van der Waals surface area contributed by atoms with Crippen molar-refractivity contribution >= 4 is 5.91 Å². The molecule has 0 saturated carbocycles. The van der Waals surface area contributed by atoms with Gasteiger partial charge >= 0.3 is 0 Å². The first kappa shape index (κ1) is 16.5. The quantitative estimate of drug-likeness (QED) is 0.784. The van der Waals surface area contributed by atoms with Gasteiger partial charge in [0.2, 0.25) is 5.91 Å². The van der Waals surface area contributed by atoms with Gasteiger partial charge in [-0.05, 0) is 51.3 Å². The molecule has 1 aliphatic rings. The van der Waals surface area contributed by atoms with Crippen molar-refractivity contribution in [1.29, 1.82) is 0 Å². The van der Waals surface area contributed by atoms with Crippen molar-refractivity contribution in [2.24, 2.45) is 0 Å². The average Bonchev–Trinajstić information content (AvgIpc) is 3.28. The Labute approximate surface area is 152 Å². The highest BCUT2D eigenvalue weighted by Crippen LogP contribution is 2.31. The Morgan fingerprint density at radius 3 is 2.88 bits per heavy atom. The molecular formula is C19H22N6O. The lowest BCUT2D eigenvalue weighted by Gasteiger charge is -2.25. The molecule has 7 heteroatoms. The summed E-state index contributed by atoms with van der Waals surface area (Å²) in [4.78, 5) is 17.1. The zero-order chi connectivity index (χ0) is 18.1. The maximum atomic E-state index is 12.7. The lowest BCUT2D eigenvalue weighted by Crippen LogP contribution is -2.36. The van der Waals surface area contributed by atoms with Crippen LogP contribution in [0.25, 0.3) is 5.82 Å². The van der Waals surface area contributed by atoms with E-state index in [1.54, 1.807) is 17.1 Å². The van der Waals surface area contributed by atoms with Gasteiger partial charge in [0, 0.05) is 23.7 Å². The number of fused-ring (bicyclic) bond motifs is 1. The van der Waals surface area contributed by atoms with Crippen LogP contribution in [-0.4, -0.2) is 30.5 Å². The van der Waals surface area contributed by atoms with E-state index in [0.29, 0.717) is 0 Å². The third-order valence-electron chi connectivity index (χ3n) is 4.98. The van der Waals surface area contributed by atoms with Crippen LogP contribution in [0.1, 0.15) is 48.8 Å². The number of aryl methyl sites for hydroxylation is 1. The van der Waals surface area contributed by atoms with E-state index >= 15 is 0 Å². The van der Waals surface area contributed by atoms with Gasteiger partial charge < -0.3 is 5.32 Å². The highest BCUT2D eigenvalue weighted by Gasteiger charge is 2.28. The van der Waals surface area contributed by atoms with Crippen molar-refractivity contribution in [1.82, 2.24) is 29.9 Å². The fraction of sp³-hybridized carbons (Fsp3) is 0.368. The fourth-order valence-corrected chi connectivity index (χ4v) is 3.57. The number of carbonyl (C=O) groups is 1. The number of aromatic nitrogens is 5. The summed E-state index contributed by atoms with van der Waals surface area (Å²) >= 11 is 0. The van der Waals surface area contributed by atoms with Crippen LogP contribution in [0.5, 0.6) is 0 Å². The van der Waals surface area contributed by atoms with E-state index in [4.69, 9.17) is 0 Å². The van der Waals surface area contributed by atoms with Gasteiger partial charge in [-0.1, -0.05) is 6.07 Å². The van der Waals surface area contributed by atoms with Crippen molar-refractivity contribution in [2.45, 2.75) is 45.2 Å². The monoisotopic (exact) mass is 350 g/mol. The molecule has 2 atom stereocenters. The highest BCUT2D eigenvalue weighted by atomic mass is 16.2. The van der Waals surface area contributed by atoms with E-state index < -0.39 is 0 Å². The van der Waals surface area contributed by atoms with Crippen molar-refractivity contribution in [2.75, 3.05) is 0 Å². The topological polar surface area (TPSA) is 77.6 Å². The van der Waals surface area contributed by atoms with Crippen molar-refractivity contribution in [3.05, 3.63) is 59.8 Å². The summed E-state index contributed by atoms with van der Waals surface area (Å²) in [6, 6.07) is 7.31. The zero-order valence-electron chi connectivity index (χ0n) is 15.0. The molecule has 7 nitrogen and oxygen atoms in total. The standard InChI is InChI=1S/C19H22N6O/c1-13-9-11-21-24(13)14(2)19(26)23-16-6-5-7-17-15(16)12-22-25(17)18-8-3-4-10-20-18/h3-4,8-12,14,16H,5-7H2,1-2H3,(H,23,26)/t14-,16+/m1/s1. The van der Waals surface area contributed by atoms with Crippen LogP contribution in [-0.2, 0) is 11.2 Å². The molecule has 4 rings (SSSR count). The molecule has 3 heterocycles. The fourth-order valence-electron chi connectivity index (χ4n) is 3.57. The number of hydrogen-bond acceptors (Lipinski definition) is 4. The highest BCUT2D eigenvalue weighted by molar-refractivity contribution is 5.80. The van der Waals surface area contributed by atoms with Crippen LogP contribution in [0.15, 0.2) is 42.9 Å². The second-order valence-corrected chi connectivity index (χ2v) is 6.69. The molecular weight excluding hydrogens is 328 g/mol. The van der Waals surface area contributed by atoms with E-state index in [1.807, 2.05) is 49.0 Å². The summed E-state index contributed by atoms with van der Waals surface area (Å²) in [5, 5.41) is 12.0. The summed E-state index contributed by atoms with van der Waals surface area (Å²) in [5.74, 6) is 0.779. The molecule has 134 valence electrons. The molecule has 0 aromatic carbocycles. The van der Waals surface area contributed by atoms with Gasteiger partial charge in [-0.25, -0.2) is 9.67 Å². The number of nitrogens with one attached hydrogen (secondary N) is 1. The molecule has 0 unspecified atom stereocenters. The predicted molar refractivity (Wildman–Crippen MR) is 96.9 cm³/mol. The van der Waals surface area contributed by atoms with Crippen LogP contribution < -0.4 is 5.32 Å². The Balaban J connectivity index is 1.56. The van der Waals surface area contributed by atoms with Crippen LogP contribution in [0.4, 0.5) is 0 Å². The van der Waals surface area contributed by atoms with Crippen molar-refractivity contribution in [3.63, 3.8) is 0 Å². The molecule has 0 saturated heterocycles. The smallest absolute Gasteiger partial charge is 0.245 e. The number of amides is 1. The summed E-state index contributed by atoms with van der Waals surface area (Å²) in [7, 11) is 0. The minimum Gasteiger partial charge on any atom is -0.347 e. The van der Waals surface area contributed by atoms with Crippen LogP contribution >= 0.6 is 0 Å². The van der Waals surface area contributed by atoms with Gasteiger partial charge in [0.05, 0.1) is 17.9 Å². The van der Waals surface area contributed by atoms with Gasteiger partial charge in [-0.15, -0.1) is 0 Å². The molecule has 0 spiro atoms.